The fourth-order valence-corrected chi connectivity index (χ4v) is 2.93. The molecule has 0 aromatic carbocycles. The van der Waals surface area contributed by atoms with Gasteiger partial charge in [0.05, 0.1) is 0 Å². The zero-order valence-electron chi connectivity index (χ0n) is 7.98. The summed E-state index contributed by atoms with van der Waals surface area (Å²) in [5, 5.41) is 0. The molecule has 0 spiro atoms. The topological polar surface area (TPSA) is 17.1 Å². The quantitative estimate of drug-likeness (QED) is 0.501. The summed E-state index contributed by atoms with van der Waals surface area (Å²) in [7, 11) is 0. The van der Waals surface area contributed by atoms with Crippen LogP contribution in [0.25, 0.3) is 0 Å². The molecule has 0 aromatic heterocycles. The van der Waals surface area contributed by atoms with Gasteiger partial charge in [-0.3, -0.25) is 4.79 Å². The van der Waals surface area contributed by atoms with Crippen LogP contribution in [0.3, 0.4) is 0 Å². The minimum absolute atomic E-state index is 0.0914. The van der Waals surface area contributed by atoms with E-state index in [0.717, 1.165) is 12.8 Å². The normalized spacial score (nSPS) is 44.1. The van der Waals surface area contributed by atoms with Crippen LogP contribution in [-0.4, -0.2) is 5.78 Å². The summed E-state index contributed by atoms with van der Waals surface area (Å²) in [6, 6.07) is 0. The summed E-state index contributed by atoms with van der Waals surface area (Å²) >= 11 is 0. The molecule has 1 nitrogen and oxygen atoms in total. The standard InChI is InChI=1S/C11H15O/c1-7-8-5-6-11(4,9(7)12)10(8,2)3/h1,8H,5-6H2,2-4H3. The number of hydrogen-bond donors (Lipinski definition) is 0. The van der Waals surface area contributed by atoms with Crippen molar-refractivity contribution in [3.05, 3.63) is 12.2 Å². The van der Waals surface area contributed by atoms with Crippen LogP contribution in [0.2, 0.25) is 0 Å². The summed E-state index contributed by atoms with van der Waals surface area (Å²) in [4.78, 5) is 11.7. The van der Waals surface area contributed by atoms with Crippen LogP contribution in [-0.2, 0) is 4.79 Å². The number of ketones is 1. The third kappa shape index (κ3) is 0.562. The first kappa shape index (κ1) is 8.03. The third-order valence-corrected chi connectivity index (χ3v) is 4.37. The number of Topliss-reactive ketones (excluding diaryl/α,β-unsaturated/α-hetero) is 1. The average Bonchev–Trinajstić information content (AvgIpc) is 2.26. The van der Waals surface area contributed by atoms with E-state index in [0.29, 0.717) is 11.5 Å². The summed E-state index contributed by atoms with van der Waals surface area (Å²) in [5.74, 6) is 0.554. The highest BCUT2D eigenvalue weighted by Crippen LogP contribution is 2.64. The molecule has 1 radical (unpaired) electrons. The Bertz CT molecular complexity index is 275. The van der Waals surface area contributed by atoms with Gasteiger partial charge in [0.25, 0.3) is 0 Å². The zero-order valence-corrected chi connectivity index (χ0v) is 7.98. The second-order valence-electron chi connectivity index (χ2n) is 4.93. The van der Waals surface area contributed by atoms with Crippen LogP contribution >= 0.6 is 0 Å². The second kappa shape index (κ2) is 1.84. The van der Waals surface area contributed by atoms with Crippen LogP contribution < -0.4 is 0 Å². The average molecular weight is 163 g/mol. The van der Waals surface area contributed by atoms with E-state index in [1.54, 1.807) is 0 Å². The highest BCUT2D eigenvalue weighted by Gasteiger charge is 2.63. The van der Waals surface area contributed by atoms with Gasteiger partial charge in [-0.05, 0) is 29.7 Å². The Morgan fingerprint density at radius 3 is 2.25 bits per heavy atom. The van der Waals surface area contributed by atoms with Crippen molar-refractivity contribution in [1.82, 2.24) is 0 Å². The lowest BCUT2D eigenvalue weighted by Gasteiger charge is -2.31. The van der Waals surface area contributed by atoms with E-state index in [-0.39, 0.29) is 16.6 Å². The van der Waals surface area contributed by atoms with E-state index >= 15 is 0 Å². The molecule has 0 aliphatic heterocycles. The first-order chi connectivity index (χ1) is 5.41. The van der Waals surface area contributed by atoms with Crippen molar-refractivity contribution in [1.29, 1.82) is 0 Å². The molecular weight excluding hydrogens is 148 g/mol. The summed E-state index contributed by atoms with van der Waals surface area (Å²) in [5.41, 5.74) is 0.560. The fraction of sp³-hybridized carbons (Fsp3) is 0.727. The molecule has 0 heterocycles. The molecule has 2 unspecified atom stereocenters. The zero-order chi connectivity index (χ0) is 9.15. The Morgan fingerprint density at radius 1 is 1.42 bits per heavy atom. The van der Waals surface area contributed by atoms with E-state index in [4.69, 9.17) is 6.58 Å². The van der Waals surface area contributed by atoms with Crippen molar-refractivity contribution in [2.24, 2.45) is 16.7 Å². The van der Waals surface area contributed by atoms with E-state index in [9.17, 15) is 4.79 Å². The summed E-state index contributed by atoms with van der Waals surface area (Å²) < 4.78 is 0. The smallest absolute Gasteiger partial charge is 0.165 e. The second-order valence-corrected chi connectivity index (χ2v) is 4.93. The molecular formula is C11H15O. The Balaban J connectivity index is 2.58. The largest absolute Gasteiger partial charge is 0.294 e. The predicted octanol–water partition coefficient (Wildman–Crippen LogP) is 2.37. The summed E-state index contributed by atoms with van der Waals surface area (Å²) in [6.45, 7) is 12.2. The van der Waals surface area contributed by atoms with Crippen LogP contribution in [0.1, 0.15) is 33.6 Å². The maximum absolute atomic E-state index is 11.7. The van der Waals surface area contributed by atoms with Crippen molar-refractivity contribution in [3.8, 4) is 0 Å². The minimum Gasteiger partial charge on any atom is -0.294 e. The molecule has 0 N–H and O–H groups in total. The van der Waals surface area contributed by atoms with Gasteiger partial charge in [0.2, 0.25) is 0 Å². The molecule has 0 saturated heterocycles. The Labute approximate surface area is 73.8 Å². The van der Waals surface area contributed by atoms with Gasteiger partial charge in [0.15, 0.2) is 5.78 Å². The monoisotopic (exact) mass is 163 g/mol. The van der Waals surface area contributed by atoms with Crippen LogP contribution in [0, 0.1) is 23.3 Å². The van der Waals surface area contributed by atoms with Crippen molar-refractivity contribution in [2.75, 3.05) is 0 Å². The Morgan fingerprint density at radius 2 is 2.00 bits per heavy atom. The number of hydrogen-bond acceptors (Lipinski definition) is 1. The van der Waals surface area contributed by atoms with Gasteiger partial charge < -0.3 is 0 Å². The van der Waals surface area contributed by atoms with Gasteiger partial charge in [0.1, 0.15) is 0 Å². The first-order valence-corrected chi connectivity index (χ1v) is 4.58. The maximum atomic E-state index is 11.7. The van der Waals surface area contributed by atoms with Crippen molar-refractivity contribution in [2.45, 2.75) is 33.6 Å². The van der Waals surface area contributed by atoms with Crippen LogP contribution in [0.4, 0.5) is 0 Å². The van der Waals surface area contributed by atoms with E-state index < -0.39 is 0 Å². The third-order valence-electron chi connectivity index (χ3n) is 4.37. The van der Waals surface area contributed by atoms with Gasteiger partial charge in [0, 0.05) is 5.41 Å². The lowest BCUT2D eigenvalue weighted by atomic mass is 9.70. The SMILES string of the molecule is [CH]=C1C(=O)C2(C)CCC1C2(C)C. The molecule has 65 valence electrons. The van der Waals surface area contributed by atoms with E-state index in [2.05, 4.69) is 20.8 Å². The lowest BCUT2D eigenvalue weighted by Crippen LogP contribution is -2.32. The number of carbonyl (C=O) groups is 1. The molecule has 2 aliphatic carbocycles. The van der Waals surface area contributed by atoms with Gasteiger partial charge >= 0.3 is 0 Å². The van der Waals surface area contributed by atoms with E-state index in [1.165, 1.54) is 0 Å². The Hall–Kier alpha value is -0.590. The number of allylic oxidation sites excluding steroid dienone is 1. The molecule has 2 rings (SSSR count). The van der Waals surface area contributed by atoms with Gasteiger partial charge in [-0.1, -0.05) is 27.4 Å². The molecule has 12 heavy (non-hydrogen) atoms. The fourth-order valence-electron chi connectivity index (χ4n) is 2.93. The van der Waals surface area contributed by atoms with Gasteiger partial charge in [-0.2, -0.15) is 0 Å². The van der Waals surface area contributed by atoms with Crippen molar-refractivity contribution < 1.29 is 4.79 Å². The minimum atomic E-state index is -0.165. The molecule has 2 bridgehead atoms. The van der Waals surface area contributed by atoms with Crippen molar-refractivity contribution in [3.63, 3.8) is 0 Å². The maximum Gasteiger partial charge on any atom is 0.165 e. The predicted molar refractivity (Wildman–Crippen MR) is 47.4 cm³/mol. The van der Waals surface area contributed by atoms with Crippen LogP contribution in [0.5, 0.6) is 0 Å². The summed E-state index contributed by atoms with van der Waals surface area (Å²) in [6.07, 6.45) is 2.12. The molecule has 0 aromatic rings. The van der Waals surface area contributed by atoms with Crippen molar-refractivity contribution >= 4 is 5.78 Å². The first-order valence-electron chi connectivity index (χ1n) is 4.58. The highest BCUT2D eigenvalue weighted by molar-refractivity contribution is 6.03. The van der Waals surface area contributed by atoms with E-state index in [1.807, 2.05) is 0 Å². The molecule has 1 heteroatoms. The molecule has 0 amide bonds. The number of fused-ring (bicyclic) bond motifs is 2. The number of carbonyl (C=O) groups excluding carboxylic acids is 1. The highest BCUT2D eigenvalue weighted by atomic mass is 16.1. The van der Waals surface area contributed by atoms with Crippen LogP contribution in [0.15, 0.2) is 5.57 Å². The number of rotatable bonds is 0. The molecule has 2 aliphatic rings. The molecule has 2 saturated carbocycles. The lowest BCUT2D eigenvalue weighted by molar-refractivity contribution is -0.125. The van der Waals surface area contributed by atoms with Gasteiger partial charge in [-0.15, -0.1) is 0 Å². The Kier molecular flexibility index (Phi) is 1.23. The molecule has 2 atom stereocenters. The molecule has 2 fully saturated rings. The van der Waals surface area contributed by atoms with Gasteiger partial charge in [-0.25, -0.2) is 0 Å².